The molecule has 0 saturated carbocycles. The van der Waals surface area contributed by atoms with Crippen molar-refractivity contribution < 1.29 is 22.7 Å². The van der Waals surface area contributed by atoms with E-state index in [1.807, 2.05) is 46.8 Å². The molecule has 0 spiro atoms. The molecule has 2 rings (SSSR count). The molecular formula is C20H29NO5S. The minimum atomic E-state index is -3.11. The van der Waals surface area contributed by atoms with Gasteiger partial charge in [-0.15, -0.1) is 0 Å². The van der Waals surface area contributed by atoms with E-state index in [0.29, 0.717) is 18.4 Å². The molecule has 0 radical (unpaired) electrons. The normalized spacial score (nSPS) is 19.5. The summed E-state index contributed by atoms with van der Waals surface area (Å²) in [5.41, 5.74) is 3.16. The first-order valence-electron chi connectivity index (χ1n) is 9.32. The molecule has 6 nitrogen and oxygen atoms in total. The zero-order chi connectivity index (χ0) is 20.4. The predicted octanol–water partition coefficient (Wildman–Crippen LogP) is 2.58. The van der Waals surface area contributed by atoms with E-state index in [1.54, 1.807) is 4.90 Å². The molecule has 27 heavy (non-hydrogen) atoms. The summed E-state index contributed by atoms with van der Waals surface area (Å²) in [6.45, 7) is 9.09. The van der Waals surface area contributed by atoms with Gasteiger partial charge in [0.05, 0.1) is 17.1 Å². The molecule has 1 saturated heterocycles. The van der Waals surface area contributed by atoms with Crippen LogP contribution in [-0.4, -0.2) is 55.4 Å². The number of hydrogen-bond donors (Lipinski definition) is 0. The fourth-order valence-corrected chi connectivity index (χ4v) is 5.49. The smallest absolute Gasteiger partial charge is 0.339 e. The van der Waals surface area contributed by atoms with Crippen LogP contribution in [0.2, 0.25) is 0 Å². The summed E-state index contributed by atoms with van der Waals surface area (Å²) in [5, 5.41) is 0. The number of ether oxygens (including phenoxy) is 1. The highest BCUT2D eigenvalue weighted by Gasteiger charge is 2.36. The number of carbonyl (C=O) groups excluding carboxylic acids is 2. The van der Waals surface area contributed by atoms with Crippen molar-refractivity contribution in [3.8, 4) is 0 Å². The zero-order valence-corrected chi connectivity index (χ0v) is 17.6. The summed E-state index contributed by atoms with van der Waals surface area (Å²) < 4.78 is 28.9. The maximum absolute atomic E-state index is 12.8. The Morgan fingerprint density at radius 2 is 1.81 bits per heavy atom. The Morgan fingerprint density at radius 3 is 2.30 bits per heavy atom. The number of aryl methyl sites for hydroxylation is 3. The van der Waals surface area contributed by atoms with Crippen LogP contribution in [0, 0.1) is 20.8 Å². The summed E-state index contributed by atoms with van der Waals surface area (Å²) in [4.78, 5) is 26.8. The average Bonchev–Trinajstić information content (AvgIpc) is 2.91. The van der Waals surface area contributed by atoms with Gasteiger partial charge in [-0.05, 0) is 51.7 Å². The Bertz CT molecular complexity index is 808. The van der Waals surface area contributed by atoms with Crippen molar-refractivity contribution in [2.45, 2.75) is 59.5 Å². The van der Waals surface area contributed by atoms with E-state index >= 15 is 0 Å². The summed E-state index contributed by atoms with van der Waals surface area (Å²) in [7, 11) is -3.11. The lowest BCUT2D eigenvalue weighted by molar-refractivity contribution is -0.138. The standard InChI is InChI=1S/C20H29NO5S/c1-6-16(5)21(17-7-8-27(24,25)12-17)18(22)11-26-20(23)19-14(3)9-13(2)10-15(19)4/h9-10,16-17H,6-8,11-12H2,1-5H3/t16-,17+/m1/s1. The zero-order valence-electron chi connectivity index (χ0n) is 16.7. The van der Waals surface area contributed by atoms with E-state index in [0.717, 1.165) is 16.7 Å². The molecule has 2 atom stereocenters. The van der Waals surface area contributed by atoms with Crippen LogP contribution in [-0.2, 0) is 19.4 Å². The fraction of sp³-hybridized carbons (Fsp3) is 0.600. The van der Waals surface area contributed by atoms with Gasteiger partial charge in [0.25, 0.3) is 5.91 Å². The molecule has 150 valence electrons. The molecule has 0 bridgehead atoms. The van der Waals surface area contributed by atoms with Crippen LogP contribution in [0.25, 0.3) is 0 Å². The summed E-state index contributed by atoms with van der Waals surface area (Å²) in [5.74, 6) is -0.796. The van der Waals surface area contributed by atoms with Gasteiger partial charge in [-0.25, -0.2) is 13.2 Å². The highest BCUT2D eigenvalue weighted by Crippen LogP contribution is 2.22. The number of nitrogens with zero attached hydrogens (tertiary/aromatic N) is 1. The summed E-state index contributed by atoms with van der Waals surface area (Å²) in [6.07, 6.45) is 1.13. The number of carbonyl (C=O) groups is 2. The number of hydrogen-bond acceptors (Lipinski definition) is 5. The number of sulfone groups is 1. The van der Waals surface area contributed by atoms with Gasteiger partial charge in [0, 0.05) is 12.1 Å². The third-order valence-electron chi connectivity index (χ3n) is 5.16. The third-order valence-corrected chi connectivity index (χ3v) is 6.91. The van der Waals surface area contributed by atoms with E-state index in [2.05, 4.69) is 0 Å². The molecule has 1 fully saturated rings. The van der Waals surface area contributed by atoms with Gasteiger partial charge in [0.2, 0.25) is 0 Å². The first kappa shape index (κ1) is 21.4. The van der Waals surface area contributed by atoms with Crippen LogP contribution in [0.5, 0.6) is 0 Å². The lowest BCUT2D eigenvalue weighted by Gasteiger charge is -2.33. The minimum Gasteiger partial charge on any atom is -0.452 e. The second kappa shape index (κ2) is 8.42. The number of amides is 1. The molecule has 1 aromatic carbocycles. The van der Waals surface area contributed by atoms with E-state index < -0.39 is 15.8 Å². The van der Waals surface area contributed by atoms with Gasteiger partial charge in [-0.1, -0.05) is 24.6 Å². The van der Waals surface area contributed by atoms with Gasteiger partial charge < -0.3 is 9.64 Å². The van der Waals surface area contributed by atoms with Gasteiger partial charge in [0.15, 0.2) is 16.4 Å². The Balaban J connectivity index is 2.11. The first-order chi connectivity index (χ1) is 12.6. The van der Waals surface area contributed by atoms with Crippen molar-refractivity contribution in [3.63, 3.8) is 0 Å². The second-order valence-electron chi connectivity index (χ2n) is 7.46. The Morgan fingerprint density at radius 1 is 1.22 bits per heavy atom. The van der Waals surface area contributed by atoms with E-state index in [-0.39, 0.29) is 36.1 Å². The Kier molecular flexibility index (Phi) is 6.68. The van der Waals surface area contributed by atoms with Crippen molar-refractivity contribution in [1.82, 2.24) is 4.90 Å². The molecule has 0 unspecified atom stereocenters. The lowest BCUT2D eigenvalue weighted by atomic mass is 10.00. The van der Waals surface area contributed by atoms with Crippen LogP contribution in [0.3, 0.4) is 0 Å². The average molecular weight is 396 g/mol. The van der Waals surface area contributed by atoms with Crippen molar-refractivity contribution in [3.05, 3.63) is 34.4 Å². The van der Waals surface area contributed by atoms with E-state index in [4.69, 9.17) is 4.74 Å². The number of rotatable bonds is 6. The molecule has 1 aromatic rings. The monoisotopic (exact) mass is 395 g/mol. The third kappa shape index (κ3) is 5.09. The molecule has 0 N–H and O–H groups in total. The molecule has 0 aliphatic carbocycles. The predicted molar refractivity (Wildman–Crippen MR) is 105 cm³/mol. The Labute approximate surface area is 161 Å². The molecular weight excluding hydrogens is 366 g/mol. The van der Waals surface area contributed by atoms with Gasteiger partial charge in [0.1, 0.15) is 0 Å². The first-order valence-corrected chi connectivity index (χ1v) is 11.1. The summed E-state index contributed by atoms with van der Waals surface area (Å²) >= 11 is 0. The molecule has 1 amide bonds. The maximum atomic E-state index is 12.8. The van der Waals surface area contributed by atoms with Crippen LogP contribution in [0.1, 0.15) is 53.7 Å². The number of benzene rings is 1. The van der Waals surface area contributed by atoms with Crippen molar-refractivity contribution >= 4 is 21.7 Å². The highest BCUT2D eigenvalue weighted by molar-refractivity contribution is 7.91. The second-order valence-corrected chi connectivity index (χ2v) is 9.69. The van der Waals surface area contributed by atoms with Crippen molar-refractivity contribution in [1.29, 1.82) is 0 Å². The molecule has 1 aliphatic heterocycles. The van der Waals surface area contributed by atoms with Crippen LogP contribution >= 0.6 is 0 Å². The van der Waals surface area contributed by atoms with E-state index in [1.165, 1.54) is 0 Å². The largest absolute Gasteiger partial charge is 0.452 e. The van der Waals surface area contributed by atoms with Gasteiger partial charge in [-0.3, -0.25) is 4.79 Å². The number of esters is 1. The fourth-order valence-electron chi connectivity index (χ4n) is 3.78. The van der Waals surface area contributed by atoms with Gasteiger partial charge >= 0.3 is 5.97 Å². The van der Waals surface area contributed by atoms with Crippen LogP contribution in [0.4, 0.5) is 0 Å². The van der Waals surface area contributed by atoms with Crippen LogP contribution < -0.4 is 0 Å². The SMILES string of the molecule is CC[C@@H](C)N(C(=O)COC(=O)c1c(C)cc(C)cc1C)[C@H]1CCS(=O)(=O)C1. The molecule has 1 heterocycles. The highest BCUT2D eigenvalue weighted by atomic mass is 32.2. The molecule has 7 heteroatoms. The lowest BCUT2D eigenvalue weighted by Crippen LogP contribution is -2.48. The van der Waals surface area contributed by atoms with E-state index in [9.17, 15) is 18.0 Å². The Hall–Kier alpha value is -1.89. The quantitative estimate of drug-likeness (QED) is 0.692. The van der Waals surface area contributed by atoms with Crippen LogP contribution in [0.15, 0.2) is 12.1 Å². The molecule has 1 aliphatic rings. The van der Waals surface area contributed by atoms with Gasteiger partial charge in [-0.2, -0.15) is 0 Å². The topological polar surface area (TPSA) is 80.8 Å². The minimum absolute atomic E-state index is 0.0206. The van der Waals surface area contributed by atoms with Crippen molar-refractivity contribution in [2.24, 2.45) is 0 Å². The summed E-state index contributed by atoms with van der Waals surface area (Å²) in [6, 6.07) is 3.34. The van der Waals surface area contributed by atoms with Crippen molar-refractivity contribution in [2.75, 3.05) is 18.1 Å². The molecule has 0 aromatic heterocycles. The maximum Gasteiger partial charge on any atom is 0.339 e.